The largest absolute Gasteiger partial charge is 0.323 e. The molecule has 98 valence electrons. The van der Waals surface area contributed by atoms with E-state index >= 15 is 0 Å². The molecule has 2 unspecified atom stereocenters. The zero-order chi connectivity index (χ0) is 13.2. The number of nitrogens with two attached hydrogens (primary N) is 1. The summed E-state index contributed by atoms with van der Waals surface area (Å²) >= 11 is 1.56. The van der Waals surface area contributed by atoms with E-state index in [0.29, 0.717) is 4.90 Å². The van der Waals surface area contributed by atoms with Crippen LogP contribution >= 0.6 is 11.8 Å². The number of thioether (sulfide) groups is 1. The van der Waals surface area contributed by atoms with E-state index in [9.17, 15) is 4.39 Å². The summed E-state index contributed by atoms with van der Waals surface area (Å²) in [5.74, 6) is -0.154. The third kappa shape index (κ3) is 2.53. The van der Waals surface area contributed by atoms with E-state index in [-0.39, 0.29) is 17.1 Å². The highest BCUT2D eigenvalue weighted by Crippen LogP contribution is 2.39. The lowest BCUT2D eigenvalue weighted by Crippen LogP contribution is -2.29. The van der Waals surface area contributed by atoms with Crippen LogP contribution in [0.15, 0.2) is 53.4 Å². The first-order valence-corrected chi connectivity index (χ1v) is 7.38. The lowest BCUT2D eigenvalue weighted by molar-refractivity contribution is 0.578. The van der Waals surface area contributed by atoms with Gasteiger partial charge in [0.05, 0.1) is 0 Å². The Hall–Kier alpha value is -1.32. The number of aryl methyl sites for hydroxylation is 1. The second-order valence-corrected chi connectivity index (χ2v) is 6.13. The molecule has 0 saturated heterocycles. The van der Waals surface area contributed by atoms with Crippen LogP contribution in [0.3, 0.4) is 0 Å². The minimum atomic E-state index is -0.154. The van der Waals surface area contributed by atoms with E-state index in [1.165, 1.54) is 17.2 Å². The Bertz CT molecular complexity index is 584. The van der Waals surface area contributed by atoms with Crippen molar-refractivity contribution in [1.29, 1.82) is 0 Å². The summed E-state index contributed by atoms with van der Waals surface area (Å²) in [4.78, 5) is 0.697. The highest BCUT2D eigenvalue weighted by molar-refractivity contribution is 8.00. The van der Waals surface area contributed by atoms with Crippen LogP contribution in [0.1, 0.15) is 23.6 Å². The molecular formula is C16H16FNS. The smallest absolute Gasteiger partial charge is 0.136 e. The predicted octanol–water partition coefficient (Wildman–Crippen LogP) is 3.93. The molecule has 0 saturated carbocycles. The number of benzene rings is 2. The normalized spacial score (nSPS) is 22.0. The number of hydrogen-bond donors (Lipinski definition) is 1. The minimum absolute atomic E-state index is 0.0189. The van der Waals surface area contributed by atoms with E-state index < -0.39 is 0 Å². The second-order valence-electron chi connectivity index (χ2n) is 4.85. The van der Waals surface area contributed by atoms with Crippen molar-refractivity contribution in [3.8, 4) is 0 Å². The molecule has 1 aliphatic carbocycles. The van der Waals surface area contributed by atoms with Crippen LogP contribution in [0, 0.1) is 5.82 Å². The SMILES string of the molecule is NC1c2ccccc2CCC1Sc1ccccc1F. The van der Waals surface area contributed by atoms with Crippen molar-refractivity contribution in [3.63, 3.8) is 0 Å². The molecule has 0 heterocycles. The third-order valence-corrected chi connectivity index (χ3v) is 5.04. The molecule has 3 heteroatoms. The van der Waals surface area contributed by atoms with Gasteiger partial charge >= 0.3 is 0 Å². The summed E-state index contributed by atoms with van der Waals surface area (Å²) in [5.41, 5.74) is 8.89. The van der Waals surface area contributed by atoms with Crippen LogP contribution in [0.4, 0.5) is 4.39 Å². The molecule has 0 amide bonds. The zero-order valence-corrected chi connectivity index (χ0v) is 11.4. The number of rotatable bonds is 2. The lowest BCUT2D eigenvalue weighted by atomic mass is 9.88. The Balaban J connectivity index is 1.83. The molecule has 0 aliphatic heterocycles. The van der Waals surface area contributed by atoms with Crippen molar-refractivity contribution >= 4 is 11.8 Å². The maximum absolute atomic E-state index is 13.7. The molecule has 0 spiro atoms. The number of halogens is 1. The van der Waals surface area contributed by atoms with Gasteiger partial charge in [-0.25, -0.2) is 4.39 Å². The first kappa shape index (κ1) is 12.7. The summed E-state index contributed by atoms with van der Waals surface area (Å²) in [6, 6.07) is 15.2. The van der Waals surface area contributed by atoms with Gasteiger partial charge in [-0.2, -0.15) is 0 Å². The van der Waals surface area contributed by atoms with Crippen molar-refractivity contribution in [2.24, 2.45) is 5.73 Å². The summed E-state index contributed by atoms with van der Waals surface area (Å²) in [5, 5.41) is 0.242. The van der Waals surface area contributed by atoms with Gasteiger partial charge in [-0.1, -0.05) is 36.4 Å². The molecule has 2 aromatic carbocycles. The van der Waals surface area contributed by atoms with E-state index in [1.54, 1.807) is 17.8 Å². The van der Waals surface area contributed by atoms with Gasteiger partial charge in [0.2, 0.25) is 0 Å². The van der Waals surface area contributed by atoms with Gasteiger partial charge in [0.15, 0.2) is 0 Å². The predicted molar refractivity (Wildman–Crippen MR) is 77.7 cm³/mol. The fraction of sp³-hybridized carbons (Fsp3) is 0.250. The van der Waals surface area contributed by atoms with Crippen LogP contribution in [0.2, 0.25) is 0 Å². The Kier molecular flexibility index (Phi) is 3.58. The van der Waals surface area contributed by atoms with E-state index in [0.717, 1.165) is 12.8 Å². The van der Waals surface area contributed by atoms with Gasteiger partial charge in [-0.15, -0.1) is 11.8 Å². The number of hydrogen-bond acceptors (Lipinski definition) is 2. The molecule has 2 N–H and O–H groups in total. The van der Waals surface area contributed by atoms with Gasteiger partial charge in [-0.05, 0) is 36.1 Å². The summed E-state index contributed by atoms with van der Waals surface area (Å²) < 4.78 is 13.7. The maximum atomic E-state index is 13.7. The van der Waals surface area contributed by atoms with Gasteiger partial charge < -0.3 is 5.73 Å². The van der Waals surface area contributed by atoms with E-state index in [1.807, 2.05) is 18.2 Å². The van der Waals surface area contributed by atoms with Crippen molar-refractivity contribution in [2.75, 3.05) is 0 Å². The Morgan fingerprint density at radius 3 is 2.63 bits per heavy atom. The lowest BCUT2D eigenvalue weighted by Gasteiger charge is -2.30. The highest BCUT2D eigenvalue weighted by atomic mass is 32.2. The minimum Gasteiger partial charge on any atom is -0.323 e. The van der Waals surface area contributed by atoms with E-state index in [4.69, 9.17) is 5.73 Å². The zero-order valence-electron chi connectivity index (χ0n) is 10.6. The van der Waals surface area contributed by atoms with Crippen LogP contribution in [-0.4, -0.2) is 5.25 Å². The van der Waals surface area contributed by atoms with Gasteiger partial charge in [0.25, 0.3) is 0 Å². The van der Waals surface area contributed by atoms with Crippen molar-refractivity contribution in [3.05, 3.63) is 65.5 Å². The summed E-state index contributed by atoms with van der Waals surface area (Å²) in [6.45, 7) is 0. The molecule has 0 fully saturated rings. The first-order chi connectivity index (χ1) is 9.25. The molecule has 3 rings (SSSR count). The topological polar surface area (TPSA) is 26.0 Å². The van der Waals surface area contributed by atoms with Crippen molar-refractivity contribution in [1.82, 2.24) is 0 Å². The molecule has 2 aromatic rings. The summed E-state index contributed by atoms with van der Waals surface area (Å²) in [7, 11) is 0. The van der Waals surface area contributed by atoms with Gasteiger partial charge in [0, 0.05) is 16.2 Å². The standard InChI is InChI=1S/C16H16FNS/c17-13-7-3-4-8-14(13)19-15-10-9-11-5-1-2-6-12(11)16(15)18/h1-8,15-16H,9-10,18H2. The fourth-order valence-electron chi connectivity index (χ4n) is 2.60. The fourth-order valence-corrected chi connectivity index (χ4v) is 3.79. The first-order valence-electron chi connectivity index (χ1n) is 6.50. The molecule has 19 heavy (non-hydrogen) atoms. The highest BCUT2D eigenvalue weighted by Gasteiger charge is 2.27. The molecule has 1 nitrogen and oxygen atoms in total. The molecule has 0 radical (unpaired) electrons. The quantitative estimate of drug-likeness (QED) is 0.897. The number of fused-ring (bicyclic) bond motifs is 1. The average molecular weight is 273 g/mol. The van der Waals surface area contributed by atoms with Gasteiger partial charge in [0.1, 0.15) is 5.82 Å². The van der Waals surface area contributed by atoms with Gasteiger partial charge in [-0.3, -0.25) is 0 Å². The molecule has 1 aliphatic rings. The summed E-state index contributed by atoms with van der Waals surface area (Å²) in [6.07, 6.45) is 2.02. The van der Waals surface area contributed by atoms with Crippen LogP contribution in [-0.2, 0) is 6.42 Å². The maximum Gasteiger partial charge on any atom is 0.136 e. The second kappa shape index (κ2) is 5.35. The Morgan fingerprint density at radius 2 is 1.79 bits per heavy atom. The van der Waals surface area contributed by atoms with Crippen molar-refractivity contribution < 1.29 is 4.39 Å². The van der Waals surface area contributed by atoms with Crippen LogP contribution in [0.5, 0.6) is 0 Å². The van der Waals surface area contributed by atoms with Crippen molar-refractivity contribution in [2.45, 2.75) is 29.0 Å². The molecule has 0 aromatic heterocycles. The van der Waals surface area contributed by atoms with Crippen LogP contribution < -0.4 is 5.73 Å². The van der Waals surface area contributed by atoms with E-state index in [2.05, 4.69) is 18.2 Å². The molecular weight excluding hydrogens is 257 g/mol. The third-order valence-electron chi connectivity index (χ3n) is 3.63. The average Bonchev–Trinajstić information content (AvgIpc) is 2.44. The monoisotopic (exact) mass is 273 g/mol. The Morgan fingerprint density at radius 1 is 1.05 bits per heavy atom. The Labute approximate surface area is 117 Å². The molecule has 2 atom stereocenters. The molecule has 0 bridgehead atoms. The van der Waals surface area contributed by atoms with Crippen LogP contribution in [0.25, 0.3) is 0 Å².